The third-order valence-corrected chi connectivity index (χ3v) is 2.83. The van der Waals surface area contributed by atoms with Crippen molar-refractivity contribution in [3.63, 3.8) is 0 Å². The lowest BCUT2D eigenvalue weighted by Crippen LogP contribution is -2.28. The van der Waals surface area contributed by atoms with Crippen molar-refractivity contribution in [3.05, 3.63) is 36.4 Å². The fourth-order valence-corrected chi connectivity index (χ4v) is 1.87. The van der Waals surface area contributed by atoms with Gasteiger partial charge in [-0.1, -0.05) is 12.1 Å². The van der Waals surface area contributed by atoms with E-state index >= 15 is 0 Å². The number of benzene rings is 1. The van der Waals surface area contributed by atoms with Gasteiger partial charge >= 0.3 is 0 Å². The first-order chi connectivity index (χ1) is 8.71. The summed E-state index contributed by atoms with van der Waals surface area (Å²) in [6.45, 7) is 6.86. The molecule has 0 heterocycles. The fourth-order valence-electron chi connectivity index (χ4n) is 1.87. The summed E-state index contributed by atoms with van der Waals surface area (Å²) >= 11 is 0. The smallest absolute Gasteiger partial charge is 0.160 e. The molecule has 1 aromatic rings. The average molecular weight is 249 g/mol. The van der Waals surface area contributed by atoms with Crippen molar-refractivity contribution in [1.29, 1.82) is 0 Å². The average Bonchev–Trinajstić information content (AvgIpc) is 2.39. The number of hydrogen-bond acceptors (Lipinski definition) is 3. The minimum atomic E-state index is 0.433. The monoisotopic (exact) mass is 249 g/mol. The van der Waals surface area contributed by atoms with E-state index in [1.807, 2.05) is 18.2 Å². The molecule has 0 aliphatic heterocycles. The van der Waals surface area contributed by atoms with Gasteiger partial charge in [0.2, 0.25) is 0 Å². The van der Waals surface area contributed by atoms with Gasteiger partial charge in [0.25, 0.3) is 0 Å². The molecular weight excluding hydrogens is 226 g/mol. The topological polar surface area (TPSA) is 30.5 Å². The Hall–Kier alpha value is -1.48. The molecule has 0 radical (unpaired) electrons. The van der Waals surface area contributed by atoms with Crippen LogP contribution in [-0.4, -0.2) is 26.8 Å². The Morgan fingerprint density at radius 1 is 1.28 bits per heavy atom. The van der Waals surface area contributed by atoms with E-state index in [-0.39, 0.29) is 0 Å². The molecule has 1 atom stereocenters. The molecule has 1 N–H and O–H groups in total. The maximum Gasteiger partial charge on any atom is 0.160 e. The Kier molecular flexibility index (Phi) is 6.29. The zero-order chi connectivity index (χ0) is 13.4. The van der Waals surface area contributed by atoms with Crippen molar-refractivity contribution in [1.82, 2.24) is 5.32 Å². The van der Waals surface area contributed by atoms with Crippen LogP contribution in [0.1, 0.15) is 18.9 Å². The van der Waals surface area contributed by atoms with Crippen molar-refractivity contribution >= 4 is 0 Å². The minimum Gasteiger partial charge on any atom is -0.493 e. The molecule has 0 saturated heterocycles. The summed E-state index contributed by atoms with van der Waals surface area (Å²) in [6.07, 6.45) is 3.89. The van der Waals surface area contributed by atoms with Gasteiger partial charge in [-0.3, -0.25) is 0 Å². The third kappa shape index (κ3) is 4.41. The Labute approximate surface area is 110 Å². The number of hydrogen-bond donors (Lipinski definition) is 1. The van der Waals surface area contributed by atoms with Crippen LogP contribution < -0.4 is 14.8 Å². The van der Waals surface area contributed by atoms with E-state index in [0.29, 0.717) is 6.04 Å². The summed E-state index contributed by atoms with van der Waals surface area (Å²) in [5.74, 6) is 1.56. The van der Waals surface area contributed by atoms with Crippen LogP contribution in [0, 0.1) is 0 Å². The lowest BCUT2D eigenvalue weighted by Gasteiger charge is -2.15. The summed E-state index contributed by atoms with van der Waals surface area (Å²) in [5, 5.41) is 3.45. The molecule has 0 bridgehead atoms. The van der Waals surface area contributed by atoms with E-state index in [4.69, 9.17) is 9.47 Å². The first kappa shape index (κ1) is 14.6. The molecule has 100 valence electrons. The lowest BCUT2D eigenvalue weighted by atomic mass is 10.1. The molecule has 0 saturated carbocycles. The summed E-state index contributed by atoms with van der Waals surface area (Å²) in [5.41, 5.74) is 1.24. The van der Waals surface area contributed by atoms with Crippen molar-refractivity contribution in [2.75, 3.05) is 20.8 Å². The summed E-state index contributed by atoms with van der Waals surface area (Å²) < 4.78 is 10.5. The van der Waals surface area contributed by atoms with E-state index in [0.717, 1.165) is 30.9 Å². The molecular formula is C15H23NO2. The van der Waals surface area contributed by atoms with Gasteiger partial charge in [-0.25, -0.2) is 0 Å². The highest BCUT2D eigenvalue weighted by Gasteiger charge is 2.07. The van der Waals surface area contributed by atoms with Crippen LogP contribution in [0.15, 0.2) is 30.9 Å². The highest BCUT2D eigenvalue weighted by atomic mass is 16.5. The van der Waals surface area contributed by atoms with E-state index in [1.165, 1.54) is 5.56 Å². The van der Waals surface area contributed by atoms with E-state index < -0.39 is 0 Å². The molecule has 0 aliphatic carbocycles. The largest absolute Gasteiger partial charge is 0.493 e. The van der Waals surface area contributed by atoms with Gasteiger partial charge in [0, 0.05) is 6.04 Å². The van der Waals surface area contributed by atoms with Crippen LogP contribution in [0.3, 0.4) is 0 Å². The van der Waals surface area contributed by atoms with Gasteiger partial charge in [-0.05, 0) is 44.0 Å². The van der Waals surface area contributed by atoms with Crippen molar-refractivity contribution in [3.8, 4) is 11.5 Å². The standard InChI is InChI=1S/C15H23NO2/c1-5-6-9-16-12(2)10-13-7-8-14(17-3)15(11-13)18-4/h5,7-8,11-12,16H,1,6,9-10H2,2-4H3. The molecule has 0 spiro atoms. The zero-order valence-corrected chi connectivity index (χ0v) is 11.5. The first-order valence-corrected chi connectivity index (χ1v) is 6.26. The Bertz CT molecular complexity index is 377. The van der Waals surface area contributed by atoms with Crippen LogP contribution in [-0.2, 0) is 6.42 Å². The van der Waals surface area contributed by atoms with E-state index in [9.17, 15) is 0 Å². The molecule has 0 amide bonds. The highest BCUT2D eigenvalue weighted by molar-refractivity contribution is 5.43. The van der Waals surface area contributed by atoms with Crippen LogP contribution in [0.4, 0.5) is 0 Å². The summed E-state index contributed by atoms with van der Waals surface area (Å²) in [4.78, 5) is 0. The van der Waals surface area contributed by atoms with E-state index in [2.05, 4.69) is 24.9 Å². The third-order valence-electron chi connectivity index (χ3n) is 2.83. The van der Waals surface area contributed by atoms with E-state index in [1.54, 1.807) is 14.2 Å². The first-order valence-electron chi connectivity index (χ1n) is 6.26. The van der Waals surface area contributed by atoms with Gasteiger partial charge in [0.15, 0.2) is 11.5 Å². The predicted octanol–water partition coefficient (Wildman–Crippen LogP) is 2.80. The van der Waals surface area contributed by atoms with Gasteiger partial charge in [0.1, 0.15) is 0 Å². The number of methoxy groups -OCH3 is 2. The summed E-state index contributed by atoms with van der Waals surface area (Å²) in [7, 11) is 3.31. The molecule has 18 heavy (non-hydrogen) atoms. The van der Waals surface area contributed by atoms with Crippen molar-refractivity contribution < 1.29 is 9.47 Å². The minimum absolute atomic E-state index is 0.433. The normalized spacial score (nSPS) is 11.9. The molecule has 0 aromatic heterocycles. The Morgan fingerprint density at radius 3 is 2.61 bits per heavy atom. The maximum atomic E-state index is 5.30. The Morgan fingerprint density at radius 2 is 2.00 bits per heavy atom. The molecule has 0 fully saturated rings. The fraction of sp³-hybridized carbons (Fsp3) is 0.467. The molecule has 3 nitrogen and oxygen atoms in total. The Balaban J connectivity index is 2.58. The highest BCUT2D eigenvalue weighted by Crippen LogP contribution is 2.27. The van der Waals surface area contributed by atoms with Gasteiger partial charge in [0.05, 0.1) is 14.2 Å². The lowest BCUT2D eigenvalue weighted by molar-refractivity contribution is 0.354. The second-order valence-corrected chi connectivity index (χ2v) is 4.33. The second-order valence-electron chi connectivity index (χ2n) is 4.33. The van der Waals surface area contributed by atoms with Crippen LogP contribution in [0.25, 0.3) is 0 Å². The maximum absolute atomic E-state index is 5.30. The number of nitrogens with one attached hydrogen (secondary N) is 1. The number of rotatable bonds is 8. The van der Waals surface area contributed by atoms with Crippen molar-refractivity contribution in [2.24, 2.45) is 0 Å². The second kappa shape index (κ2) is 7.77. The van der Waals surface area contributed by atoms with Crippen LogP contribution in [0.5, 0.6) is 11.5 Å². The predicted molar refractivity (Wildman–Crippen MR) is 75.5 cm³/mol. The van der Waals surface area contributed by atoms with Gasteiger partial charge in [-0.2, -0.15) is 0 Å². The number of ether oxygens (including phenoxy) is 2. The van der Waals surface area contributed by atoms with Gasteiger partial charge in [-0.15, -0.1) is 6.58 Å². The summed E-state index contributed by atoms with van der Waals surface area (Å²) in [6, 6.07) is 6.49. The quantitative estimate of drug-likeness (QED) is 0.567. The van der Waals surface area contributed by atoms with Crippen molar-refractivity contribution in [2.45, 2.75) is 25.8 Å². The molecule has 1 rings (SSSR count). The molecule has 0 aliphatic rings. The SMILES string of the molecule is C=CCCNC(C)Cc1ccc(OC)c(OC)c1. The zero-order valence-electron chi connectivity index (χ0n) is 11.5. The molecule has 3 heteroatoms. The van der Waals surface area contributed by atoms with Gasteiger partial charge < -0.3 is 14.8 Å². The molecule has 1 unspecified atom stereocenters. The van der Waals surface area contributed by atoms with Crippen LogP contribution >= 0.6 is 0 Å². The van der Waals surface area contributed by atoms with Crippen LogP contribution in [0.2, 0.25) is 0 Å². The molecule has 1 aromatic carbocycles.